The molecule has 0 saturated heterocycles. The van der Waals surface area contributed by atoms with Crippen molar-refractivity contribution in [1.29, 1.82) is 0 Å². The Labute approximate surface area is 167 Å². The van der Waals surface area contributed by atoms with Crippen LogP contribution < -0.4 is 10.7 Å². The van der Waals surface area contributed by atoms with E-state index in [1.807, 2.05) is 25.1 Å². The summed E-state index contributed by atoms with van der Waals surface area (Å²) in [5.74, 6) is 0.233. The maximum atomic E-state index is 12.5. The van der Waals surface area contributed by atoms with E-state index in [2.05, 4.69) is 5.32 Å². The molecule has 8 heteroatoms. The van der Waals surface area contributed by atoms with Gasteiger partial charge in [0.1, 0.15) is 11.3 Å². The first-order valence-electron chi connectivity index (χ1n) is 8.09. The molecule has 0 saturated carbocycles. The first kappa shape index (κ1) is 21.0. The number of nitrogens with zero attached hydrogens (tertiary/aromatic N) is 1. The molecular weight excluding hydrogens is 391 g/mol. The minimum Gasteiger partial charge on any atom is -0.468 e. The summed E-state index contributed by atoms with van der Waals surface area (Å²) in [6.45, 7) is 2.11. The number of benzene rings is 1. The second-order valence-electron chi connectivity index (χ2n) is 6.28. The Hall–Kier alpha value is -2.28. The van der Waals surface area contributed by atoms with Crippen LogP contribution in [0, 0.1) is 6.92 Å². The van der Waals surface area contributed by atoms with Crippen molar-refractivity contribution in [3.05, 3.63) is 68.9 Å². The quantitative estimate of drug-likeness (QED) is 0.691. The van der Waals surface area contributed by atoms with Gasteiger partial charge in [0.2, 0.25) is 0 Å². The van der Waals surface area contributed by atoms with Crippen LogP contribution in [-0.2, 0) is 0 Å². The number of rotatable bonds is 5. The van der Waals surface area contributed by atoms with Gasteiger partial charge in [-0.3, -0.25) is 14.5 Å². The molecule has 144 valence electrons. The highest BCUT2D eigenvalue weighted by molar-refractivity contribution is 6.32. The van der Waals surface area contributed by atoms with E-state index >= 15 is 0 Å². The summed E-state index contributed by atoms with van der Waals surface area (Å²) < 4.78 is 11.0. The topological polar surface area (TPSA) is 75.7 Å². The number of fused-ring (bicyclic) bond motifs is 1. The number of hydrogen-bond acceptors (Lipinski definition) is 5. The molecule has 27 heavy (non-hydrogen) atoms. The molecule has 2 aromatic heterocycles. The van der Waals surface area contributed by atoms with Gasteiger partial charge in [0.25, 0.3) is 5.91 Å². The van der Waals surface area contributed by atoms with Gasteiger partial charge in [-0.25, -0.2) is 0 Å². The Kier molecular flexibility index (Phi) is 6.70. The fourth-order valence-corrected chi connectivity index (χ4v) is 2.85. The minimum absolute atomic E-state index is 0. The molecule has 1 amide bonds. The molecule has 0 spiro atoms. The van der Waals surface area contributed by atoms with Gasteiger partial charge in [0.05, 0.1) is 17.7 Å². The van der Waals surface area contributed by atoms with E-state index < -0.39 is 5.91 Å². The van der Waals surface area contributed by atoms with Crippen molar-refractivity contribution >= 4 is 40.9 Å². The van der Waals surface area contributed by atoms with Gasteiger partial charge in [-0.15, -0.1) is 12.4 Å². The number of nitrogens with one attached hydrogen (secondary N) is 1. The number of carbonyl (C=O) groups excluding carboxylic acids is 1. The van der Waals surface area contributed by atoms with Crippen LogP contribution in [0.4, 0.5) is 0 Å². The molecule has 3 rings (SSSR count). The zero-order valence-corrected chi connectivity index (χ0v) is 16.7. The van der Waals surface area contributed by atoms with Crippen LogP contribution in [0.5, 0.6) is 0 Å². The highest BCUT2D eigenvalue weighted by atomic mass is 35.5. The third-order valence-corrected chi connectivity index (χ3v) is 4.59. The predicted octanol–water partition coefficient (Wildman–Crippen LogP) is 3.80. The Balaban J connectivity index is 0.00000261. The molecule has 0 bridgehead atoms. The molecule has 0 aliphatic rings. The summed E-state index contributed by atoms with van der Waals surface area (Å²) >= 11 is 6.05. The number of furan rings is 1. The van der Waals surface area contributed by atoms with Gasteiger partial charge in [0, 0.05) is 17.6 Å². The Morgan fingerprint density at radius 1 is 1.30 bits per heavy atom. The lowest BCUT2D eigenvalue weighted by Crippen LogP contribution is -2.34. The fraction of sp³-hybridized carbons (Fsp3) is 0.263. The normalized spacial score (nSPS) is 12.0. The van der Waals surface area contributed by atoms with Crippen molar-refractivity contribution in [2.75, 3.05) is 20.6 Å². The van der Waals surface area contributed by atoms with E-state index in [4.69, 9.17) is 20.4 Å². The molecule has 3 aromatic rings. The number of hydrogen-bond donors (Lipinski definition) is 1. The summed E-state index contributed by atoms with van der Waals surface area (Å²) in [5.41, 5.74) is 0.790. The number of amides is 1. The van der Waals surface area contributed by atoms with E-state index in [-0.39, 0.29) is 29.6 Å². The van der Waals surface area contributed by atoms with Crippen molar-refractivity contribution in [1.82, 2.24) is 10.2 Å². The Morgan fingerprint density at radius 2 is 2.04 bits per heavy atom. The zero-order chi connectivity index (χ0) is 18.8. The molecule has 0 fully saturated rings. The Bertz CT molecular complexity index is 997. The van der Waals surface area contributed by atoms with Crippen LogP contribution in [0.1, 0.15) is 27.9 Å². The van der Waals surface area contributed by atoms with Crippen molar-refractivity contribution in [2.45, 2.75) is 13.0 Å². The molecule has 2 heterocycles. The first-order valence-corrected chi connectivity index (χ1v) is 8.46. The third kappa shape index (κ3) is 4.53. The average Bonchev–Trinajstić information content (AvgIpc) is 3.10. The molecule has 1 unspecified atom stereocenters. The first-order chi connectivity index (χ1) is 12.4. The Morgan fingerprint density at radius 3 is 2.67 bits per heavy atom. The second-order valence-corrected chi connectivity index (χ2v) is 6.68. The lowest BCUT2D eigenvalue weighted by atomic mass is 10.1. The van der Waals surface area contributed by atoms with Crippen molar-refractivity contribution in [3.63, 3.8) is 0 Å². The standard InChI is InChI=1S/C19H19ClN2O4.ClH/c1-11-7-17-12(8-13(11)20)15(23)9-18(26-17)19(24)21-10-14(22(2)3)16-5-4-6-25-16;/h4-9,14H,10H2,1-3H3,(H,21,24);1H. The number of carbonyl (C=O) groups is 1. The molecule has 1 N–H and O–H groups in total. The van der Waals surface area contributed by atoms with Crippen LogP contribution in [0.15, 0.2) is 50.2 Å². The van der Waals surface area contributed by atoms with E-state index in [9.17, 15) is 9.59 Å². The second kappa shape index (κ2) is 8.61. The third-order valence-electron chi connectivity index (χ3n) is 4.18. The van der Waals surface area contributed by atoms with E-state index in [1.165, 1.54) is 6.07 Å². The number of likely N-dealkylation sites (N-methyl/N-ethyl adjacent to an activating group) is 1. The maximum absolute atomic E-state index is 12.5. The van der Waals surface area contributed by atoms with Gasteiger partial charge in [-0.1, -0.05) is 11.6 Å². The van der Waals surface area contributed by atoms with Crippen LogP contribution in [0.25, 0.3) is 11.0 Å². The lowest BCUT2D eigenvalue weighted by Gasteiger charge is -2.22. The summed E-state index contributed by atoms with van der Waals surface area (Å²) in [4.78, 5) is 26.7. The van der Waals surface area contributed by atoms with Crippen molar-refractivity contribution < 1.29 is 13.6 Å². The van der Waals surface area contributed by atoms with Crippen LogP contribution >= 0.6 is 24.0 Å². The van der Waals surface area contributed by atoms with Crippen molar-refractivity contribution in [3.8, 4) is 0 Å². The van der Waals surface area contributed by atoms with E-state index in [0.29, 0.717) is 22.5 Å². The highest BCUT2D eigenvalue weighted by Crippen LogP contribution is 2.22. The SMILES string of the molecule is Cc1cc2oc(C(=O)NCC(c3ccco3)N(C)C)cc(=O)c2cc1Cl.Cl. The zero-order valence-electron chi connectivity index (χ0n) is 15.1. The highest BCUT2D eigenvalue weighted by Gasteiger charge is 2.20. The molecule has 1 aromatic carbocycles. The molecular formula is C19H20Cl2N2O4. The van der Waals surface area contributed by atoms with Crippen molar-refractivity contribution in [2.24, 2.45) is 0 Å². The number of halogens is 2. The van der Waals surface area contributed by atoms with Gasteiger partial charge >= 0.3 is 0 Å². The van der Waals surface area contributed by atoms with Crippen LogP contribution in [0.2, 0.25) is 5.02 Å². The van der Waals surface area contributed by atoms with Gasteiger partial charge in [0.15, 0.2) is 11.2 Å². The van der Waals surface area contributed by atoms with Crippen LogP contribution in [-0.4, -0.2) is 31.4 Å². The fourth-order valence-electron chi connectivity index (χ4n) is 2.68. The van der Waals surface area contributed by atoms with Gasteiger partial charge < -0.3 is 14.2 Å². The maximum Gasteiger partial charge on any atom is 0.287 e. The summed E-state index contributed by atoms with van der Waals surface area (Å²) in [6.07, 6.45) is 1.59. The monoisotopic (exact) mass is 410 g/mol. The summed E-state index contributed by atoms with van der Waals surface area (Å²) in [6, 6.07) is 7.89. The largest absolute Gasteiger partial charge is 0.468 e. The van der Waals surface area contributed by atoms with E-state index in [0.717, 1.165) is 11.3 Å². The van der Waals surface area contributed by atoms with Crippen LogP contribution in [0.3, 0.4) is 0 Å². The molecule has 0 radical (unpaired) electrons. The molecule has 0 aliphatic carbocycles. The molecule has 1 atom stereocenters. The summed E-state index contributed by atoms with van der Waals surface area (Å²) in [5, 5.41) is 3.61. The number of aryl methyl sites for hydroxylation is 1. The lowest BCUT2D eigenvalue weighted by molar-refractivity contribution is 0.0912. The average molecular weight is 411 g/mol. The predicted molar refractivity (Wildman–Crippen MR) is 107 cm³/mol. The van der Waals surface area contributed by atoms with E-state index in [1.54, 1.807) is 31.4 Å². The summed E-state index contributed by atoms with van der Waals surface area (Å²) in [7, 11) is 3.78. The molecule has 6 nitrogen and oxygen atoms in total. The molecule has 0 aliphatic heterocycles. The minimum atomic E-state index is -0.463. The smallest absolute Gasteiger partial charge is 0.287 e. The van der Waals surface area contributed by atoms with Gasteiger partial charge in [-0.05, 0) is 50.8 Å². The van der Waals surface area contributed by atoms with Gasteiger partial charge in [-0.2, -0.15) is 0 Å².